The molecule has 2 aromatic carbocycles. The molecular formula is C19H19FN4S. The van der Waals surface area contributed by atoms with Crippen LogP contribution in [0.15, 0.2) is 53.6 Å². The van der Waals surface area contributed by atoms with Crippen LogP contribution in [0.4, 0.5) is 4.39 Å². The fourth-order valence-corrected chi connectivity index (χ4v) is 2.56. The number of halogens is 1. The molecule has 0 saturated carbocycles. The van der Waals surface area contributed by atoms with Crippen LogP contribution in [0.1, 0.15) is 31.9 Å². The number of hydrogen-bond acceptors (Lipinski definition) is 3. The van der Waals surface area contributed by atoms with Gasteiger partial charge in [0.25, 0.3) is 0 Å². The molecule has 0 aliphatic heterocycles. The highest BCUT2D eigenvalue weighted by Crippen LogP contribution is 2.22. The summed E-state index contributed by atoms with van der Waals surface area (Å²) in [5.74, 6) is 0.236. The van der Waals surface area contributed by atoms with Gasteiger partial charge >= 0.3 is 0 Å². The maximum absolute atomic E-state index is 13.1. The highest BCUT2D eigenvalue weighted by atomic mass is 32.1. The predicted octanol–water partition coefficient (Wildman–Crippen LogP) is 4.93. The first-order valence-corrected chi connectivity index (χ1v) is 8.34. The van der Waals surface area contributed by atoms with Gasteiger partial charge in [0.15, 0.2) is 5.82 Å². The quantitative estimate of drug-likeness (QED) is 0.536. The lowest BCUT2D eigenvalue weighted by molar-refractivity contribution is 0.590. The van der Waals surface area contributed by atoms with Crippen LogP contribution in [0.25, 0.3) is 11.4 Å². The molecule has 0 spiro atoms. The number of aromatic nitrogens is 3. The van der Waals surface area contributed by atoms with Crippen LogP contribution in [-0.2, 0) is 5.41 Å². The van der Waals surface area contributed by atoms with Crippen molar-refractivity contribution in [2.75, 3.05) is 0 Å². The normalized spacial score (nSPS) is 12.0. The molecule has 0 unspecified atom stereocenters. The van der Waals surface area contributed by atoms with E-state index in [0.717, 1.165) is 11.1 Å². The number of nitrogens with zero attached hydrogens (tertiary/aromatic N) is 3. The summed E-state index contributed by atoms with van der Waals surface area (Å²) in [6.07, 6.45) is 1.73. The minimum atomic E-state index is -0.299. The largest absolute Gasteiger partial charge is 0.250 e. The van der Waals surface area contributed by atoms with Crippen molar-refractivity contribution in [2.45, 2.75) is 26.2 Å². The minimum Gasteiger partial charge on any atom is -0.250 e. The molecule has 128 valence electrons. The Morgan fingerprint density at radius 1 is 1.08 bits per heavy atom. The highest BCUT2D eigenvalue weighted by Gasteiger charge is 2.12. The highest BCUT2D eigenvalue weighted by molar-refractivity contribution is 7.71. The van der Waals surface area contributed by atoms with Crippen molar-refractivity contribution in [3.63, 3.8) is 0 Å². The third kappa shape index (κ3) is 3.91. The molecule has 1 heterocycles. The van der Waals surface area contributed by atoms with Crippen molar-refractivity contribution >= 4 is 18.4 Å². The van der Waals surface area contributed by atoms with Crippen molar-refractivity contribution in [1.29, 1.82) is 0 Å². The van der Waals surface area contributed by atoms with E-state index in [1.807, 2.05) is 12.1 Å². The fourth-order valence-electron chi connectivity index (χ4n) is 2.38. The molecule has 0 aliphatic carbocycles. The average Bonchev–Trinajstić information content (AvgIpc) is 2.94. The standard InChI is InChI=1S/C19H19FN4S/c1-19(2,3)15-8-4-13(5-9-15)12-21-24-17(22-23-18(24)25)14-6-10-16(20)11-7-14/h4-12H,1-3H3,(H,23,25)/b21-12-. The van der Waals surface area contributed by atoms with Crippen molar-refractivity contribution in [2.24, 2.45) is 5.10 Å². The van der Waals surface area contributed by atoms with Crippen LogP contribution < -0.4 is 0 Å². The molecular weight excluding hydrogens is 335 g/mol. The predicted molar refractivity (Wildman–Crippen MR) is 101 cm³/mol. The minimum absolute atomic E-state index is 0.110. The van der Waals surface area contributed by atoms with Crippen molar-refractivity contribution in [3.05, 3.63) is 70.2 Å². The number of H-pyrrole nitrogens is 1. The van der Waals surface area contributed by atoms with Gasteiger partial charge in [0.05, 0.1) is 6.21 Å². The molecule has 1 N–H and O–H groups in total. The first-order valence-electron chi connectivity index (χ1n) is 7.93. The first-order chi connectivity index (χ1) is 11.8. The van der Waals surface area contributed by atoms with E-state index in [1.54, 1.807) is 18.3 Å². The first kappa shape index (κ1) is 17.2. The Morgan fingerprint density at radius 2 is 1.72 bits per heavy atom. The summed E-state index contributed by atoms with van der Waals surface area (Å²) in [6.45, 7) is 6.53. The third-order valence-corrected chi connectivity index (χ3v) is 4.12. The topological polar surface area (TPSA) is 46.0 Å². The van der Waals surface area contributed by atoms with E-state index in [2.05, 4.69) is 48.2 Å². The van der Waals surface area contributed by atoms with Gasteiger partial charge in [0.1, 0.15) is 5.82 Å². The molecule has 0 bridgehead atoms. The van der Waals surface area contributed by atoms with Crippen LogP contribution >= 0.6 is 12.2 Å². The maximum atomic E-state index is 13.1. The SMILES string of the molecule is CC(C)(C)c1ccc(/C=N\n2c(-c3ccc(F)cc3)n[nH]c2=S)cc1. The fraction of sp³-hybridized carbons (Fsp3) is 0.211. The number of benzene rings is 2. The van der Waals surface area contributed by atoms with Crippen molar-refractivity contribution in [1.82, 2.24) is 14.9 Å². The molecule has 0 amide bonds. The van der Waals surface area contributed by atoms with E-state index in [0.29, 0.717) is 10.6 Å². The van der Waals surface area contributed by atoms with Gasteiger partial charge in [0, 0.05) is 5.56 Å². The number of rotatable bonds is 3. The Labute approximate surface area is 151 Å². The maximum Gasteiger partial charge on any atom is 0.216 e. The van der Waals surface area contributed by atoms with Crippen LogP contribution in [0.3, 0.4) is 0 Å². The van der Waals surface area contributed by atoms with Crippen molar-refractivity contribution < 1.29 is 4.39 Å². The van der Waals surface area contributed by atoms with Crippen molar-refractivity contribution in [3.8, 4) is 11.4 Å². The van der Waals surface area contributed by atoms with E-state index in [9.17, 15) is 4.39 Å². The molecule has 25 heavy (non-hydrogen) atoms. The molecule has 0 atom stereocenters. The molecule has 0 saturated heterocycles. The molecule has 1 aromatic heterocycles. The van der Waals surface area contributed by atoms with Gasteiger partial charge in [-0.2, -0.15) is 14.9 Å². The number of aromatic amines is 1. The summed E-state index contributed by atoms with van der Waals surface area (Å²) in [5, 5.41) is 11.3. The summed E-state index contributed by atoms with van der Waals surface area (Å²) in [5.41, 5.74) is 3.06. The summed E-state index contributed by atoms with van der Waals surface area (Å²) in [7, 11) is 0. The lowest BCUT2D eigenvalue weighted by atomic mass is 9.87. The van der Waals surface area contributed by atoms with E-state index >= 15 is 0 Å². The Balaban J connectivity index is 1.90. The monoisotopic (exact) mass is 354 g/mol. The molecule has 0 radical (unpaired) electrons. The zero-order valence-corrected chi connectivity index (χ0v) is 15.1. The Hall–Kier alpha value is -2.60. The number of nitrogens with one attached hydrogen (secondary N) is 1. The second kappa shape index (κ2) is 6.72. The van der Waals surface area contributed by atoms with Gasteiger partial charge in [-0.1, -0.05) is 45.0 Å². The summed E-state index contributed by atoms with van der Waals surface area (Å²) >= 11 is 5.24. The molecule has 0 aliphatic rings. The Kier molecular flexibility index (Phi) is 4.63. The number of hydrogen-bond donors (Lipinski definition) is 1. The zero-order chi connectivity index (χ0) is 18.0. The molecule has 0 fully saturated rings. The Morgan fingerprint density at radius 3 is 2.32 bits per heavy atom. The van der Waals surface area contributed by atoms with E-state index in [1.165, 1.54) is 22.4 Å². The molecule has 6 heteroatoms. The summed E-state index contributed by atoms with van der Waals surface area (Å²) < 4.78 is 15.0. The Bertz CT molecular complexity index is 945. The summed E-state index contributed by atoms with van der Waals surface area (Å²) in [6, 6.07) is 14.3. The van der Waals surface area contributed by atoms with Gasteiger partial charge in [-0.3, -0.25) is 0 Å². The van der Waals surface area contributed by atoms with Crippen LogP contribution in [0.5, 0.6) is 0 Å². The van der Waals surface area contributed by atoms with Gasteiger partial charge in [0.2, 0.25) is 4.77 Å². The summed E-state index contributed by atoms with van der Waals surface area (Å²) in [4.78, 5) is 0. The van der Waals surface area contributed by atoms with Crippen LogP contribution in [0, 0.1) is 10.6 Å². The second-order valence-electron chi connectivity index (χ2n) is 6.79. The van der Waals surface area contributed by atoms with E-state index in [4.69, 9.17) is 12.2 Å². The molecule has 3 rings (SSSR count). The van der Waals surface area contributed by atoms with Gasteiger partial charge < -0.3 is 0 Å². The zero-order valence-electron chi connectivity index (χ0n) is 14.3. The smallest absolute Gasteiger partial charge is 0.216 e. The van der Waals surface area contributed by atoms with Crippen LogP contribution in [0.2, 0.25) is 0 Å². The lowest BCUT2D eigenvalue weighted by Crippen LogP contribution is -2.10. The van der Waals surface area contributed by atoms with E-state index in [-0.39, 0.29) is 11.2 Å². The van der Waals surface area contributed by atoms with Crippen LogP contribution in [-0.4, -0.2) is 21.1 Å². The average molecular weight is 354 g/mol. The van der Waals surface area contributed by atoms with Gasteiger partial charge in [-0.05, 0) is 53.0 Å². The lowest BCUT2D eigenvalue weighted by Gasteiger charge is -2.18. The third-order valence-electron chi connectivity index (χ3n) is 3.85. The van der Waals surface area contributed by atoms with Gasteiger partial charge in [-0.25, -0.2) is 9.49 Å². The molecule has 4 nitrogen and oxygen atoms in total. The molecule has 3 aromatic rings. The van der Waals surface area contributed by atoms with Gasteiger partial charge in [-0.15, -0.1) is 0 Å². The van der Waals surface area contributed by atoms with E-state index < -0.39 is 0 Å². The second-order valence-corrected chi connectivity index (χ2v) is 7.17.